The van der Waals surface area contributed by atoms with Crippen molar-refractivity contribution in [1.29, 1.82) is 0 Å². The Morgan fingerprint density at radius 3 is 2.14 bits per heavy atom. The Hall–Kier alpha value is 0.0700. The molecule has 0 bridgehead atoms. The molecule has 0 amide bonds. The molecular weight excluding hydrogens is 133 g/mol. The van der Waals surface area contributed by atoms with Gasteiger partial charge in [0.05, 0.1) is 6.42 Å². The third-order valence-corrected chi connectivity index (χ3v) is 1.29. The highest BCUT2D eigenvalue weighted by Gasteiger charge is 2.25. The van der Waals surface area contributed by atoms with Crippen molar-refractivity contribution in [1.82, 2.24) is 0 Å². The van der Waals surface area contributed by atoms with Crippen LogP contribution in [-0.2, 0) is 0 Å². The zero-order chi connectivity index (χ0) is 5.91. The van der Waals surface area contributed by atoms with Gasteiger partial charge in [-0.3, -0.25) is 4.85 Å². The number of hydrogen-bond acceptors (Lipinski definition) is 0. The summed E-state index contributed by atoms with van der Waals surface area (Å²) < 4.78 is -1.18. The van der Waals surface area contributed by atoms with E-state index < -0.39 is 4.46 Å². The number of rotatable bonds is 1. The van der Waals surface area contributed by atoms with Crippen molar-refractivity contribution >= 4 is 23.2 Å². The third-order valence-electron chi connectivity index (χ3n) is 0.589. The predicted octanol–water partition coefficient (Wildman–Crippen LogP) is 2.45. The van der Waals surface area contributed by atoms with Gasteiger partial charge in [-0.1, -0.05) is 6.92 Å². The van der Waals surface area contributed by atoms with E-state index in [0.29, 0.717) is 6.42 Å². The largest absolute Gasteiger partial charge is 0.381 e. The molecule has 1 nitrogen and oxygen atoms in total. The number of nitrogens with zero attached hydrogens (tertiary/aromatic N) is 1. The van der Waals surface area contributed by atoms with Crippen molar-refractivity contribution in [3.8, 4) is 0 Å². The van der Waals surface area contributed by atoms with Crippen molar-refractivity contribution < 1.29 is 0 Å². The fourth-order valence-corrected chi connectivity index (χ4v) is 0.0791. The van der Waals surface area contributed by atoms with Crippen molar-refractivity contribution in [3.63, 3.8) is 0 Å². The summed E-state index contributed by atoms with van der Waals surface area (Å²) in [6, 6.07) is 0. The van der Waals surface area contributed by atoms with Crippen LogP contribution in [0, 0.1) is 6.57 Å². The van der Waals surface area contributed by atoms with E-state index in [2.05, 4.69) is 4.85 Å². The lowest BCUT2D eigenvalue weighted by molar-refractivity contribution is 0.891. The smallest absolute Gasteiger partial charge is 0.276 e. The minimum Gasteiger partial charge on any atom is -0.276 e. The first-order valence-corrected chi connectivity index (χ1v) is 2.64. The molecule has 0 aliphatic heterocycles. The third kappa shape index (κ3) is 2.73. The minimum absolute atomic E-state index is 0.472. The second-order valence-corrected chi connectivity index (χ2v) is 2.58. The summed E-state index contributed by atoms with van der Waals surface area (Å²) in [5.74, 6) is 0. The topological polar surface area (TPSA) is 4.36 Å². The van der Waals surface area contributed by atoms with Crippen molar-refractivity contribution in [3.05, 3.63) is 11.4 Å². The van der Waals surface area contributed by atoms with Gasteiger partial charge in [-0.15, -0.1) is 0 Å². The van der Waals surface area contributed by atoms with Crippen molar-refractivity contribution in [2.75, 3.05) is 0 Å². The summed E-state index contributed by atoms with van der Waals surface area (Å²) in [4.78, 5) is 2.92. The predicted molar refractivity (Wildman–Crippen MR) is 31.3 cm³/mol. The van der Waals surface area contributed by atoms with Gasteiger partial charge in [0.2, 0.25) is 0 Å². The van der Waals surface area contributed by atoms with Crippen LogP contribution in [0.2, 0.25) is 0 Å². The van der Waals surface area contributed by atoms with Crippen LogP contribution >= 0.6 is 23.2 Å². The zero-order valence-electron chi connectivity index (χ0n) is 3.91. The molecule has 0 aromatic rings. The van der Waals surface area contributed by atoms with Gasteiger partial charge in [0, 0.05) is 0 Å². The highest BCUT2D eigenvalue weighted by Crippen LogP contribution is 2.25. The Balaban J connectivity index is 3.66. The minimum atomic E-state index is -1.18. The van der Waals surface area contributed by atoms with Crippen molar-refractivity contribution in [2.45, 2.75) is 17.8 Å². The van der Waals surface area contributed by atoms with E-state index in [1.807, 2.05) is 0 Å². The van der Waals surface area contributed by atoms with Crippen LogP contribution in [-0.4, -0.2) is 4.46 Å². The molecular formula is C4H5Cl2N. The summed E-state index contributed by atoms with van der Waals surface area (Å²) in [6.07, 6.45) is 0.472. The Morgan fingerprint density at radius 1 is 1.71 bits per heavy atom. The quantitative estimate of drug-likeness (QED) is 0.297. The van der Waals surface area contributed by atoms with Crippen LogP contribution in [0.4, 0.5) is 0 Å². The normalized spacial score (nSPS) is 10.6. The summed E-state index contributed by atoms with van der Waals surface area (Å²) in [5, 5.41) is 0. The lowest BCUT2D eigenvalue weighted by Gasteiger charge is -1.97. The summed E-state index contributed by atoms with van der Waals surface area (Å²) in [5.41, 5.74) is 0. The summed E-state index contributed by atoms with van der Waals surface area (Å²) >= 11 is 10.6. The SMILES string of the molecule is [C-]#[N+]C(Cl)(Cl)CC. The maximum Gasteiger partial charge on any atom is 0.381 e. The molecule has 0 heterocycles. The monoisotopic (exact) mass is 137 g/mol. The van der Waals surface area contributed by atoms with E-state index in [9.17, 15) is 0 Å². The number of halogens is 2. The first-order chi connectivity index (χ1) is 3.12. The average Bonchev–Trinajstić information content (AvgIpc) is 1.68. The fraction of sp³-hybridized carbons (Fsp3) is 0.750. The maximum absolute atomic E-state index is 6.37. The zero-order valence-corrected chi connectivity index (χ0v) is 5.42. The Bertz CT molecular complexity index is 92.4. The standard InChI is InChI=1S/C4H5Cl2N/c1-3-4(5,6)7-2/h3H2,1H3. The van der Waals surface area contributed by atoms with Crippen LogP contribution in [0.1, 0.15) is 13.3 Å². The van der Waals surface area contributed by atoms with E-state index >= 15 is 0 Å². The fourth-order valence-electron chi connectivity index (χ4n) is 0.0791. The lowest BCUT2D eigenvalue weighted by atomic mass is 10.5. The Labute approximate surface area is 53.0 Å². The molecule has 0 N–H and O–H groups in total. The van der Waals surface area contributed by atoms with Gasteiger partial charge in [-0.05, 0) is 23.2 Å². The molecule has 3 heteroatoms. The molecule has 0 radical (unpaired) electrons. The molecule has 7 heavy (non-hydrogen) atoms. The molecule has 0 fully saturated rings. The van der Waals surface area contributed by atoms with Crippen LogP contribution in [0.25, 0.3) is 4.85 Å². The number of hydrogen-bond donors (Lipinski definition) is 0. The Kier molecular flexibility index (Phi) is 2.42. The molecule has 0 aliphatic carbocycles. The van der Waals surface area contributed by atoms with E-state index in [1.165, 1.54) is 0 Å². The van der Waals surface area contributed by atoms with E-state index in [1.54, 1.807) is 6.92 Å². The molecule has 0 spiro atoms. The Morgan fingerprint density at radius 2 is 2.14 bits per heavy atom. The van der Waals surface area contributed by atoms with Gasteiger partial charge < -0.3 is 0 Å². The van der Waals surface area contributed by atoms with Crippen LogP contribution in [0.15, 0.2) is 0 Å². The first-order valence-electron chi connectivity index (χ1n) is 1.89. The van der Waals surface area contributed by atoms with Gasteiger partial charge in [0.25, 0.3) is 0 Å². The van der Waals surface area contributed by atoms with Gasteiger partial charge in [-0.2, -0.15) is 0 Å². The van der Waals surface area contributed by atoms with Gasteiger partial charge in [0.15, 0.2) is 0 Å². The molecule has 0 aliphatic rings. The van der Waals surface area contributed by atoms with Crippen LogP contribution in [0.3, 0.4) is 0 Å². The second-order valence-electron chi connectivity index (χ2n) is 1.13. The molecule has 0 rings (SSSR count). The molecule has 0 saturated carbocycles. The first kappa shape index (κ1) is 7.07. The van der Waals surface area contributed by atoms with Crippen molar-refractivity contribution in [2.24, 2.45) is 0 Å². The van der Waals surface area contributed by atoms with Gasteiger partial charge >= 0.3 is 4.46 Å². The molecule has 40 valence electrons. The van der Waals surface area contributed by atoms with Gasteiger partial charge in [0.1, 0.15) is 0 Å². The van der Waals surface area contributed by atoms with E-state index in [0.717, 1.165) is 0 Å². The molecule has 0 atom stereocenters. The van der Waals surface area contributed by atoms with Gasteiger partial charge in [-0.25, -0.2) is 6.57 Å². The molecule has 0 unspecified atom stereocenters. The van der Waals surface area contributed by atoms with E-state index in [4.69, 9.17) is 29.8 Å². The summed E-state index contributed by atoms with van der Waals surface area (Å²) in [7, 11) is 0. The molecule has 0 saturated heterocycles. The van der Waals surface area contributed by atoms with Crippen LogP contribution < -0.4 is 0 Å². The average molecular weight is 138 g/mol. The molecule has 0 aromatic carbocycles. The van der Waals surface area contributed by atoms with E-state index in [-0.39, 0.29) is 0 Å². The maximum atomic E-state index is 6.37. The second kappa shape index (κ2) is 2.40. The lowest BCUT2D eigenvalue weighted by Crippen LogP contribution is -2.01. The highest BCUT2D eigenvalue weighted by atomic mass is 35.5. The number of alkyl halides is 2. The summed E-state index contributed by atoms with van der Waals surface area (Å²) in [6.45, 7) is 8.13. The van der Waals surface area contributed by atoms with Crippen LogP contribution in [0.5, 0.6) is 0 Å². The molecule has 0 aromatic heterocycles. The highest BCUT2D eigenvalue weighted by molar-refractivity contribution is 6.49.